The summed E-state index contributed by atoms with van der Waals surface area (Å²) in [7, 11) is 0. The standard InChI is InChI=1S/C13H14N4O3.ClH/c18-11-8-1-2-10(17-5-3-14-4-6-17)16-12(8)15-7-9(11)13(19)20;/h1-2,7,14H,3-6H2,(H,19,20)(H,15,16,18);1H. The molecule has 112 valence electrons. The molecule has 21 heavy (non-hydrogen) atoms. The van der Waals surface area contributed by atoms with Gasteiger partial charge in [0.05, 0.1) is 5.39 Å². The van der Waals surface area contributed by atoms with E-state index >= 15 is 0 Å². The van der Waals surface area contributed by atoms with E-state index in [0.717, 1.165) is 32.0 Å². The molecule has 0 unspecified atom stereocenters. The zero-order chi connectivity index (χ0) is 14.1. The Morgan fingerprint density at radius 3 is 2.67 bits per heavy atom. The highest BCUT2D eigenvalue weighted by Gasteiger charge is 2.15. The van der Waals surface area contributed by atoms with Gasteiger partial charge in [0.1, 0.15) is 17.0 Å². The average molecular weight is 311 g/mol. The fraction of sp³-hybridized carbons (Fsp3) is 0.308. The van der Waals surface area contributed by atoms with Crippen LogP contribution in [0.2, 0.25) is 0 Å². The number of anilines is 1. The molecule has 0 spiro atoms. The van der Waals surface area contributed by atoms with Crippen molar-refractivity contribution < 1.29 is 9.90 Å². The van der Waals surface area contributed by atoms with Crippen molar-refractivity contribution in [2.24, 2.45) is 0 Å². The molecule has 0 aromatic carbocycles. The predicted octanol–water partition coefficient (Wildman–Crippen LogP) is 0.453. The van der Waals surface area contributed by atoms with Crippen LogP contribution >= 0.6 is 12.4 Å². The third-order valence-corrected chi connectivity index (χ3v) is 3.39. The van der Waals surface area contributed by atoms with Gasteiger partial charge in [0.2, 0.25) is 5.43 Å². The number of nitrogens with zero attached hydrogens (tertiary/aromatic N) is 2. The van der Waals surface area contributed by atoms with E-state index in [2.05, 4.69) is 20.2 Å². The monoisotopic (exact) mass is 310 g/mol. The summed E-state index contributed by atoms with van der Waals surface area (Å²) < 4.78 is 0. The van der Waals surface area contributed by atoms with Crippen LogP contribution in [0.5, 0.6) is 0 Å². The van der Waals surface area contributed by atoms with Crippen molar-refractivity contribution in [3.63, 3.8) is 0 Å². The Labute approximate surface area is 126 Å². The van der Waals surface area contributed by atoms with Gasteiger partial charge < -0.3 is 20.3 Å². The van der Waals surface area contributed by atoms with Gasteiger partial charge in [-0.3, -0.25) is 4.79 Å². The molecule has 0 atom stereocenters. The molecule has 3 heterocycles. The number of aromatic carboxylic acids is 1. The first-order valence-electron chi connectivity index (χ1n) is 6.38. The zero-order valence-corrected chi connectivity index (χ0v) is 11.9. The lowest BCUT2D eigenvalue weighted by atomic mass is 10.2. The van der Waals surface area contributed by atoms with Crippen molar-refractivity contribution in [2.75, 3.05) is 31.1 Å². The number of rotatable bonds is 2. The Bertz CT molecular complexity index is 725. The number of carbonyl (C=O) groups is 1. The van der Waals surface area contributed by atoms with Crippen LogP contribution in [0.15, 0.2) is 23.1 Å². The molecule has 1 saturated heterocycles. The Morgan fingerprint density at radius 2 is 2.00 bits per heavy atom. The number of piperazine rings is 1. The van der Waals surface area contributed by atoms with Crippen LogP contribution in [0.25, 0.3) is 11.0 Å². The summed E-state index contributed by atoms with van der Waals surface area (Å²) in [6.45, 7) is 3.51. The van der Waals surface area contributed by atoms with Crippen molar-refractivity contribution in [1.29, 1.82) is 0 Å². The lowest BCUT2D eigenvalue weighted by molar-refractivity contribution is 0.0695. The zero-order valence-electron chi connectivity index (χ0n) is 11.1. The molecule has 8 heteroatoms. The van der Waals surface area contributed by atoms with Gasteiger partial charge in [-0.2, -0.15) is 0 Å². The van der Waals surface area contributed by atoms with E-state index in [-0.39, 0.29) is 18.0 Å². The number of aromatic amines is 1. The molecule has 1 aliphatic rings. The van der Waals surface area contributed by atoms with Crippen LogP contribution in [-0.4, -0.2) is 47.2 Å². The van der Waals surface area contributed by atoms with Gasteiger partial charge in [0, 0.05) is 32.4 Å². The van der Waals surface area contributed by atoms with E-state index in [1.54, 1.807) is 12.1 Å². The minimum atomic E-state index is -1.24. The van der Waals surface area contributed by atoms with Crippen molar-refractivity contribution in [3.05, 3.63) is 34.1 Å². The molecule has 2 aromatic heterocycles. The molecule has 1 aliphatic heterocycles. The molecule has 0 bridgehead atoms. The largest absolute Gasteiger partial charge is 0.477 e. The summed E-state index contributed by atoms with van der Waals surface area (Å²) in [5.74, 6) is -0.447. The van der Waals surface area contributed by atoms with Crippen LogP contribution < -0.4 is 15.6 Å². The molecule has 0 aliphatic carbocycles. The molecule has 0 radical (unpaired) electrons. The molecule has 2 aromatic rings. The lowest BCUT2D eigenvalue weighted by Crippen LogP contribution is -2.43. The van der Waals surface area contributed by atoms with E-state index < -0.39 is 11.4 Å². The second-order valence-corrected chi connectivity index (χ2v) is 4.64. The maximum atomic E-state index is 12.0. The molecule has 3 N–H and O–H groups in total. The van der Waals surface area contributed by atoms with Gasteiger partial charge in [-0.1, -0.05) is 0 Å². The van der Waals surface area contributed by atoms with Gasteiger partial charge in [0.15, 0.2) is 0 Å². The Morgan fingerprint density at radius 1 is 1.29 bits per heavy atom. The van der Waals surface area contributed by atoms with E-state index in [9.17, 15) is 9.59 Å². The topological polar surface area (TPSA) is 98.3 Å². The smallest absolute Gasteiger partial charge is 0.341 e. The number of pyridine rings is 2. The van der Waals surface area contributed by atoms with Gasteiger partial charge >= 0.3 is 5.97 Å². The molecule has 1 fully saturated rings. The predicted molar refractivity (Wildman–Crippen MR) is 81.7 cm³/mol. The van der Waals surface area contributed by atoms with Crippen molar-refractivity contribution in [2.45, 2.75) is 0 Å². The van der Waals surface area contributed by atoms with Gasteiger partial charge in [0.25, 0.3) is 0 Å². The summed E-state index contributed by atoms with van der Waals surface area (Å²) in [6.07, 6.45) is 1.20. The second kappa shape index (κ2) is 6.11. The molecule has 0 amide bonds. The normalized spacial score (nSPS) is 14.8. The highest BCUT2D eigenvalue weighted by Crippen LogP contribution is 2.15. The first-order valence-corrected chi connectivity index (χ1v) is 6.38. The van der Waals surface area contributed by atoms with Gasteiger partial charge in [-0.05, 0) is 12.1 Å². The molecule has 3 rings (SSSR count). The Balaban J connectivity index is 0.00000161. The fourth-order valence-electron chi connectivity index (χ4n) is 2.32. The third kappa shape index (κ3) is 2.84. The summed E-state index contributed by atoms with van der Waals surface area (Å²) in [5.41, 5.74) is -0.365. The maximum Gasteiger partial charge on any atom is 0.341 e. The summed E-state index contributed by atoms with van der Waals surface area (Å²) >= 11 is 0. The number of hydrogen-bond donors (Lipinski definition) is 3. The van der Waals surface area contributed by atoms with E-state index in [0.29, 0.717) is 11.0 Å². The molecule has 0 saturated carbocycles. The van der Waals surface area contributed by atoms with Crippen LogP contribution in [0, 0.1) is 0 Å². The lowest BCUT2D eigenvalue weighted by Gasteiger charge is -2.28. The van der Waals surface area contributed by atoms with E-state index in [1.807, 2.05) is 0 Å². The fourth-order valence-corrected chi connectivity index (χ4v) is 2.32. The summed E-state index contributed by atoms with van der Waals surface area (Å²) in [6, 6.07) is 3.39. The van der Waals surface area contributed by atoms with Crippen molar-refractivity contribution in [1.82, 2.24) is 15.3 Å². The first-order chi connectivity index (χ1) is 9.66. The van der Waals surface area contributed by atoms with Crippen LogP contribution in [0.4, 0.5) is 5.82 Å². The molecule has 7 nitrogen and oxygen atoms in total. The number of H-pyrrole nitrogens is 1. The Kier molecular flexibility index (Phi) is 4.44. The molecular weight excluding hydrogens is 296 g/mol. The highest BCUT2D eigenvalue weighted by molar-refractivity contribution is 5.91. The number of aromatic nitrogens is 2. The number of carboxylic acids is 1. The van der Waals surface area contributed by atoms with Crippen LogP contribution in [0.1, 0.15) is 10.4 Å². The quantitative estimate of drug-likeness (QED) is 0.745. The van der Waals surface area contributed by atoms with Crippen molar-refractivity contribution in [3.8, 4) is 0 Å². The number of halogens is 1. The molecular formula is C13H15ClN4O3. The minimum absolute atomic E-state index is 0. The Hall–Kier alpha value is -2.12. The van der Waals surface area contributed by atoms with E-state index in [1.165, 1.54) is 6.20 Å². The van der Waals surface area contributed by atoms with Crippen molar-refractivity contribution >= 4 is 35.2 Å². The summed E-state index contributed by atoms with van der Waals surface area (Å²) in [5, 5.41) is 12.5. The first kappa shape index (κ1) is 15.3. The number of hydrogen-bond acceptors (Lipinski definition) is 5. The SMILES string of the molecule is Cl.O=C(O)c1c[nH]c2nc(N3CCNCC3)ccc2c1=O. The highest BCUT2D eigenvalue weighted by atomic mass is 35.5. The van der Waals surface area contributed by atoms with Crippen LogP contribution in [-0.2, 0) is 0 Å². The average Bonchev–Trinajstić information content (AvgIpc) is 2.48. The maximum absolute atomic E-state index is 12.0. The second-order valence-electron chi connectivity index (χ2n) is 4.64. The number of fused-ring (bicyclic) bond motifs is 1. The third-order valence-electron chi connectivity index (χ3n) is 3.39. The number of nitrogens with one attached hydrogen (secondary N) is 2. The van der Waals surface area contributed by atoms with E-state index in [4.69, 9.17) is 5.11 Å². The summed E-state index contributed by atoms with van der Waals surface area (Å²) in [4.78, 5) is 32.2. The van der Waals surface area contributed by atoms with Gasteiger partial charge in [-0.25, -0.2) is 9.78 Å². The number of carboxylic acid groups (broad SMARTS) is 1. The van der Waals surface area contributed by atoms with Crippen LogP contribution in [0.3, 0.4) is 0 Å². The van der Waals surface area contributed by atoms with Gasteiger partial charge in [-0.15, -0.1) is 12.4 Å². The minimum Gasteiger partial charge on any atom is -0.477 e.